The molecule has 0 saturated heterocycles. The van der Waals surface area contributed by atoms with Crippen molar-refractivity contribution in [3.05, 3.63) is 197 Å². The van der Waals surface area contributed by atoms with Crippen molar-refractivity contribution < 1.29 is 56.8 Å². The first-order valence-corrected chi connectivity index (χ1v) is 45.6. The van der Waals surface area contributed by atoms with Crippen molar-refractivity contribution in [1.29, 1.82) is 0 Å². The highest BCUT2D eigenvalue weighted by molar-refractivity contribution is 5.97. The van der Waals surface area contributed by atoms with Crippen molar-refractivity contribution in [2.24, 2.45) is 0 Å². The number of rotatable bonds is 42. The molecule has 2 radical (unpaired) electrons. The predicted octanol–water partition coefficient (Wildman–Crippen LogP) is 22.7. The molecule has 0 spiro atoms. The van der Waals surface area contributed by atoms with Gasteiger partial charge in [0.1, 0.15) is 68.6 Å². The summed E-state index contributed by atoms with van der Waals surface area (Å²) in [5.41, 5.74) is 6.86. The Morgan fingerprint density at radius 2 is 0.379 bits per heavy atom. The average molecular weight is 1680 g/mol. The zero-order valence-electron chi connectivity index (χ0n) is 77.3. The van der Waals surface area contributed by atoms with E-state index in [4.69, 9.17) is 58.0 Å². The molecule has 0 bridgehead atoms. The molecule has 0 N–H and O–H groups in total. The highest BCUT2D eigenvalue weighted by Gasteiger charge is 2.57. The van der Waals surface area contributed by atoms with Crippen LogP contribution in [0.3, 0.4) is 0 Å². The maximum atomic E-state index is 13.5. The fourth-order valence-electron chi connectivity index (χ4n) is 12.7. The first-order chi connectivity index (χ1) is 59.9. The van der Waals surface area contributed by atoms with Gasteiger partial charge in [0.05, 0.1) is 133 Å². The topological polar surface area (TPSA) is 173 Å². The van der Waals surface area contributed by atoms with Gasteiger partial charge in [-0.2, -0.15) is 0 Å². The zero-order valence-corrected chi connectivity index (χ0v) is 77.3. The van der Waals surface area contributed by atoms with Crippen molar-refractivity contribution in [2.45, 2.75) is 275 Å². The van der Waals surface area contributed by atoms with Gasteiger partial charge in [-0.1, -0.05) is 215 Å². The van der Waals surface area contributed by atoms with E-state index in [1.54, 1.807) is 0 Å². The number of benzene rings is 7. The van der Waals surface area contributed by atoms with E-state index >= 15 is 0 Å². The fourth-order valence-corrected chi connectivity index (χ4v) is 12.7. The van der Waals surface area contributed by atoms with Crippen LogP contribution in [0.4, 0.5) is 0 Å². The number of amidine groups is 2. The molecule has 0 fully saturated rings. The Bertz CT molecular complexity index is 4880. The van der Waals surface area contributed by atoms with Crippen LogP contribution >= 0.6 is 0 Å². The Hall–Kier alpha value is -11.6. The highest BCUT2D eigenvalue weighted by atomic mass is 16.5. The summed E-state index contributed by atoms with van der Waals surface area (Å²) in [6.07, 6.45) is 17.6. The largest absolute Gasteiger partial charge is 0.714 e. The number of hydrogen-bond donors (Lipinski definition) is 0. The standard InChI is InChI=1S/C108H132N4O12/c1-19-29-59-115-93-71-85(95(117-61-31-21-3)69-83(93)49-43-79-39-45-81(46-40-79)103-109-105(11,12)107(15,16)111(103)113)51-53-87-73-99(121-65-35-25-7)89(75-97(87)119-63-33-23-5)55-57-91-77-102(124-68-38-28-10)92(78-101(91)123-67-37-27-9)58-56-90-76-98(120-64-34-24-6)88(74-100(90)122-66-36-26-8)54-52-86-72-94(116-60-30-20-2)84(70-96(86)118-62-32-22-4)50-44-80-41-47-82(48-42-80)104-110-106(13,14)108(17,18)112(104)114/h39-42,45-48,69-78H,19-38,59-68H2,1-18H3. The summed E-state index contributed by atoms with van der Waals surface area (Å²) in [6.45, 7) is 41.7. The van der Waals surface area contributed by atoms with Crippen LogP contribution in [-0.2, 0) is 0 Å². The van der Waals surface area contributed by atoms with E-state index in [9.17, 15) is 10.4 Å². The molecule has 0 amide bonds. The quantitative estimate of drug-likeness (QED) is 0.0154. The van der Waals surface area contributed by atoms with Crippen LogP contribution < -0.4 is 58.0 Å². The lowest BCUT2D eigenvalue weighted by atomic mass is 9.84. The van der Waals surface area contributed by atoms with Gasteiger partial charge < -0.3 is 57.8 Å². The van der Waals surface area contributed by atoms with Gasteiger partial charge in [0, 0.05) is 71.8 Å². The van der Waals surface area contributed by atoms with Gasteiger partial charge >= 0.3 is 11.7 Å². The van der Waals surface area contributed by atoms with E-state index in [1.807, 2.05) is 165 Å². The average Bonchev–Trinajstić information content (AvgIpc) is 1.60. The Kier molecular flexibility index (Phi) is 37.2. The molecule has 2 heterocycles. The first kappa shape index (κ1) is 96.3. The number of nitrogens with zero attached hydrogens (tertiary/aromatic N) is 4. The van der Waals surface area contributed by atoms with Gasteiger partial charge in [0.15, 0.2) is 11.1 Å². The Balaban J connectivity index is 1.12. The van der Waals surface area contributed by atoms with Crippen LogP contribution in [0.25, 0.3) is 0 Å². The normalized spacial score (nSPS) is 13.6. The third kappa shape index (κ3) is 26.3. The number of hydrogen-bond acceptors (Lipinski definition) is 12. The minimum absolute atomic E-state index is 0.416. The van der Waals surface area contributed by atoms with E-state index < -0.39 is 22.2 Å². The molecule has 2 aliphatic heterocycles. The molecule has 0 aliphatic carbocycles. The van der Waals surface area contributed by atoms with Gasteiger partial charge in [-0.3, -0.25) is 9.48 Å². The molecular weight excluding hydrogens is 1550 g/mol. The van der Waals surface area contributed by atoms with Crippen molar-refractivity contribution >= 4 is 11.7 Å². The zero-order chi connectivity index (χ0) is 89.1. The number of unbranched alkanes of at least 4 members (excludes halogenated alkanes) is 10. The van der Waals surface area contributed by atoms with Crippen LogP contribution in [-0.4, -0.2) is 109 Å². The van der Waals surface area contributed by atoms with Crippen LogP contribution in [0.5, 0.6) is 57.5 Å². The fraction of sp³-hybridized carbons (Fsp3) is 0.481. The van der Waals surface area contributed by atoms with Gasteiger partial charge in [-0.05, 0) is 168 Å². The lowest BCUT2D eigenvalue weighted by Gasteiger charge is -2.30. The molecule has 0 saturated carbocycles. The van der Waals surface area contributed by atoms with E-state index in [-0.39, 0.29) is 0 Å². The summed E-state index contributed by atoms with van der Waals surface area (Å²) in [6, 6.07) is 34.7. The second-order valence-corrected chi connectivity index (χ2v) is 33.6. The van der Waals surface area contributed by atoms with Gasteiger partial charge in [-0.15, -0.1) is 0 Å². The predicted molar refractivity (Wildman–Crippen MR) is 501 cm³/mol. The van der Waals surface area contributed by atoms with E-state index in [0.717, 1.165) is 160 Å². The van der Waals surface area contributed by atoms with Crippen LogP contribution in [0.1, 0.15) is 331 Å². The molecule has 124 heavy (non-hydrogen) atoms. The van der Waals surface area contributed by atoms with E-state index in [1.165, 1.54) is 0 Å². The molecular formula is C108H132N4O12. The third-order valence-electron chi connectivity index (χ3n) is 22.4. The van der Waals surface area contributed by atoms with Crippen molar-refractivity contribution in [1.82, 2.24) is 10.6 Å². The number of hydroxylamine groups is 2. The maximum Gasteiger partial charge on any atom is 0.324 e. The summed E-state index contributed by atoms with van der Waals surface area (Å²) in [5.74, 6) is 48.3. The Morgan fingerprint density at radius 1 is 0.234 bits per heavy atom. The smallest absolute Gasteiger partial charge is 0.324 e. The minimum atomic E-state index is -0.696. The van der Waals surface area contributed by atoms with Gasteiger partial charge in [0.2, 0.25) is 0 Å². The second-order valence-electron chi connectivity index (χ2n) is 33.6. The molecule has 0 unspecified atom stereocenters. The molecule has 7 aromatic rings. The van der Waals surface area contributed by atoms with Crippen LogP contribution in [0, 0.1) is 81.5 Å². The highest BCUT2D eigenvalue weighted by Crippen LogP contribution is 2.39. The summed E-state index contributed by atoms with van der Waals surface area (Å²) >= 11 is 0. The number of ether oxygens (including phenoxy) is 10. The lowest BCUT2D eigenvalue weighted by Crippen LogP contribution is -2.50. The van der Waals surface area contributed by atoms with Crippen LogP contribution in [0.15, 0.2) is 109 Å². The lowest BCUT2D eigenvalue weighted by molar-refractivity contribution is -0.539. The summed E-state index contributed by atoms with van der Waals surface area (Å²) in [7, 11) is 0. The molecule has 2 aliphatic rings. The Morgan fingerprint density at radius 3 is 0.508 bits per heavy atom. The maximum absolute atomic E-state index is 13.5. The molecule has 7 aromatic carbocycles. The second kappa shape index (κ2) is 47.9. The van der Waals surface area contributed by atoms with E-state index in [0.29, 0.717) is 191 Å². The summed E-state index contributed by atoms with van der Waals surface area (Å²) in [5, 5.41) is 36.6. The molecule has 656 valence electrons. The monoisotopic (exact) mass is 1680 g/mol. The van der Waals surface area contributed by atoms with Gasteiger partial charge in [0.25, 0.3) is 0 Å². The van der Waals surface area contributed by atoms with Crippen molar-refractivity contribution in [3.8, 4) is 129 Å². The van der Waals surface area contributed by atoms with Crippen molar-refractivity contribution in [2.75, 3.05) is 66.1 Å². The molecule has 9 rings (SSSR count). The molecule has 0 atom stereocenters. The third-order valence-corrected chi connectivity index (χ3v) is 22.4. The molecule has 0 aromatic heterocycles. The first-order valence-electron chi connectivity index (χ1n) is 45.6. The summed E-state index contributed by atoms with van der Waals surface area (Å²) < 4.78 is 68.5. The molecule has 16 heteroatoms. The molecule has 16 nitrogen and oxygen atoms in total. The minimum Gasteiger partial charge on any atom is -0.714 e. The van der Waals surface area contributed by atoms with Crippen LogP contribution in [0.2, 0.25) is 0 Å². The SMILES string of the molecule is CCCCOc1cc(C#Cc2cc(OCCCC)c(C#Cc3cc(OCCCC)c(C#Cc4cc(OCCCC)c(C#Cc5cc(OCCCC)c(C#Cc6ccc(C7=[N+]([O-])C(C)(C)C(C)(C)[N]7)cc6)cc5OCCCC)cc4OCCCC)cc3OCCCC)cc2OCCCC)c(OCCCC)cc1C#Cc1ccc(C2=[N+]([O-])C(C)(C)C(C)(C)[N]2)cc1. The van der Waals surface area contributed by atoms with Crippen molar-refractivity contribution in [3.63, 3.8) is 0 Å². The Labute approximate surface area is 742 Å². The summed E-state index contributed by atoms with van der Waals surface area (Å²) in [4.78, 5) is 0. The van der Waals surface area contributed by atoms with Gasteiger partial charge in [-0.25, -0.2) is 0 Å². The van der Waals surface area contributed by atoms with E-state index in [2.05, 4.69) is 140 Å².